The van der Waals surface area contributed by atoms with Gasteiger partial charge in [-0.1, -0.05) is 5.16 Å². The number of hydrogen-bond acceptors (Lipinski definition) is 6. The van der Waals surface area contributed by atoms with Gasteiger partial charge in [0.15, 0.2) is 5.82 Å². The molecule has 2 aromatic heterocycles. The van der Waals surface area contributed by atoms with E-state index >= 15 is 0 Å². The molecule has 0 aliphatic carbocycles. The fourth-order valence-corrected chi connectivity index (χ4v) is 2.51. The van der Waals surface area contributed by atoms with Gasteiger partial charge in [0.1, 0.15) is 0 Å². The van der Waals surface area contributed by atoms with Crippen LogP contribution in [0.3, 0.4) is 0 Å². The van der Waals surface area contributed by atoms with E-state index in [0.717, 1.165) is 5.56 Å². The number of rotatable bonds is 4. The number of thiophene rings is 1. The Labute approximate surface area is 107 Å². The number of carbonyl (C=O) groups is 1. The van der Waals surface area contributed by atoms with E-state index in [1.807, 2.05) is 21.7 Å². The summed E-state index contributed by atoms with van der Waals surface area (Å²) in [5.41, 5.74) is 0.922. The van der Waals surface area contributed by atoms with Crippen molar-refractivity contribution in [2.24, 2.45) is 5.92 Å². The predicted molar refractivity (Wildman–Crippen MR) is 64.0 cm³/mol. The van der Waals surface area contributed by atoms with Crippen molar-refractivity contribution in [1.82, 2.24) is 15.0 Å². The molecule has 0 aromatic carbocycles. The number of aromatic nitrogens is 2. The topological polar surface area (TPSA) is 79.5 Å². The molecular formula is C11H11N3O3S. The third kappa shape index (κ3) is 2.14. The third-order valence-electron chi connectivity index (χ3n) is 2.91. The summed E-state index contributed by atoms with van der Waals surface area (Å²) in [7, 11) is 0. The fraction of sp³-hybridized carbons (Fsp3) is 0.364. The van der Waals surface area contributed by atoms with Crippen LogP contribution in [-0.2, 0) is 11.3 Å². The molecule has 0 saturated carbocycles. The van der Waals surface area contributed by atoms with Gasteiger partial charge in [-0.15, -0.1) is 0 Å². The van der Waals surface area contributed by atoms with E-state index in [1.165, 1.54) is 0 Å². The first kappa shape index (κ1) is 11.4. The monoisotopic (exact) mass is 265 g/mol. The number of aliphatic carboxylic acids is 1. The van der Waals surface area contributed by atoms with E-state index < -0.39 is 5.97 Å². The Morgan fingerprint density at radius 2 is 2.44 bits per heavy atom. The highest BCUT2D eigenvalue weighted by Gasteiger charge is 2.33. The van der Waals surface area contributed by atoms with Gasteiger partial charge in [0.05, 0.1) is 18.0 Å². The summed E-state index contributed by atoms with van der Waals surface area (Å²) in [6.07, 6.45) is 0. The minimum Gasteiger partial charge on any atom is -0.481 e. The summed E-state index contributed by atoms with van der Waals surface area (Å²) in [6, 6.07) is 1.92. The van der Waals surface area contributed by atoms with Crippen LogP contribution in [0.5, 0.6) is 0 Å². The van der Waals surface area contributed by atoms with Crippen molar-refractivity contribution in [3.63, 3.8) is 0 Å². The van der Waals surface area contributed by atoms with Crippen LogP contribution in [0.25, 0.3) is 11.5 Å². The molecule has 0 atom stereocenters. The average Bonchev–Trinajstić information content (AvgIpc) is 2.92. The Bertz CT molecular complexity index is 546. The molecule has 2 aromatic rings. The van der Waals surface area contributed by atoms with Crippen molar-refractivity contribution in [3.8, 4) is 11.5 Å². The Hall–Kier alpha value is -1.73. The molecule has 18 heavy (non-hydrogen) atoms. The molecule has 0 radical (unpaired) electrons. The molecule has 94 valence electrons. The summed E-state index contributed by atoms with van der Waals surface area (Å²) in [5, 5.41) is 16.6. The molecule has 6 nitrogen and oxygen atoms in total. The van der Waals surface area contributed by atoms with Crippen LogP contribution >= 0.6 is 11.3 Å². The first-order valence-corrected chi connectivity index (χ1v) is 6.47. The molecule has 7 heteroatoms. The molecule has 3 heterocycles. The second-order valence-corrected chi connectivity index (χ2v) is 5.04. The number of hydrogen-bond donors (Lipinski definition) is 1. The zero-order valence-electron chi connectivity index (χ0n) is 9.44. The van der Waals surface area contributed by atoms with Gasteiger partial charge in [-0.05, 0) is 11.4 Å². The lowest BCUT2D eigenvalue weighted by Gasteiger charge is -2.35. The van der Waals surface area contributed by atoms with Gasteiger partial charge >= 0.3 is 5.97 Å². The van der Waals surface area contributed by atoms with Crippen molar-refractivity contribution in [1.29, 1.82) is 0 Å². The third-order valence-corrected chi connectivity index (χ3v) is 3.59. The van der Waals surface area contributed by atoms with Gasteiger partial charge < -0.3 is 9.63 Å². The van der Waals surface area contributed by atoms with Crippen LogP contribution in [0.4, 0.5) is 0 Å². The molecule has 3 rings (SSSR count). The summed E-state index contributed by atoms with van der Waals surface area (Å²) < 4.78 is 5.16. The maximum Gasteiger partial charge on any atom is 0.309 e. The molecule has 0 unspecified atom stereocenters. The van der Waals surface area contributed by atoms with Crippen LogP contribution < -0.4 is 0 Å². The van der Waals surface area contributed by atoms with Gasteiger partial charge in [-0.25, -0.2) is 0 Å². The van der Waals surface area contributed by atoms with E-state index in [1.54, 1.807) is 11.3 Å². The van der Waals surface area contributed by atoms with E-state index in [9.17, 15) is 4.79 Å². The van der Waals surface area contributed by atoms with E-state index in [0.29, 0.717) is 31.3 Å². The lowest BCUT2D eigenvalue weighted by Crippen LogP contribution is -2.49. The summed E-state index contributed by atoms with van der Waals surface area (Å²) in [6.45, 7) is 1.65. The molecule has 1 aliphatic rings. The van der Waals surface area contributed by atoms with Crippen molar-refractivity contribution in [3.05, 3.63) is 22.7 Å². The van der Waals surface area contributed by atoms with Gasteiger partial charge in [0.25, 0.3) is 5.89 Å². The SMILES string of the molecule is O=C(O)C1CN(Cc2noc(-c3ccsc3)n2)C1. The average molecular weight is 265 g/mol. The first-order valence-electron chi connectivity index (χ1n) is 5.52. The fourth-order valence-electron chi connectivity index (χ4n) is 1.88. The predicted octanol–water partition coefficient (Wildman–Crippen LogP) is 1.31. The smallest absolute Gasteiger partial charge is 0.309 e. The normalized spacial score (nSPS) is 16.7. The Morgan fingerprint density at radius 3 is 3.11 bits per heavy atom. The molecular weight excluding hydrogens is 254 g/mol. The minimum atomic E-state index is -0.738. The van der Waals surface area contributed by atoms with Crippen LogP contribution in [-0.4, -0.2) is 39.2 Å². The van der Waals surface area contributed by atoms with Crippen LogP contribution in [0.2, 0.25) is 0 Å². The standard InChI is InChI=1S/C11H11N3O3S/c15-11(16)8-3-14(4-8)5-9-12-10(17-13-9)7-1-2-18-6-7/h1-2,6,8H,3-5H2,(H,15,16). The van der Waals surface area contributed by atoms with Gasteiger partial charge in [0, 0.05) is 18.5 Å². The van der Waals surface area contributed by atoms with Crippen molar-refractivity contribution < 1.29 is 14.4 Å². The summed E-state index contributed by atoms with van der Waals surface area (Å²) in [5.74, 6) is 0.119. The largest absolute Gasteiger partial charge is 0.481 e. The zero-order chi connectivity index (χ0) is 12.5. The van der Waals surface area contributed by atoms with Crippen LogP contribution in [0.15, 0.2) is 21.3 Å². The second-order valence-electron chi connectivity index (χ2n) is 4.26. The Morgan fingerprint density at radius 1 is 1.61 bits per heavy atom. The number of nitrogens with zero attached hydrogens (tertiary/aromatic N) is 3. The highest BCUT2D eigenvalue weighted by atomic mass is 32.1. The minimum absolute atomic E-state index is 0.256. The first-order chi connectivity index (χ1) is 8.72. The maximum absolute atomic E-state index is 10.7. The van der Waals surface area contributed by atoms with E-state index in [-0.39, 0.29) is 5.92 Å². The molecule has 1 N–H and O–H groups in total. The molecule has 1 fully saturated rings. The van der Waals surface area contributed by atoms with Gasteiger partial charge in [-0.2, -0.15) is 16.3 Å². The molecule has 1 saturated heterocycles. The molecule has 0 spiro atoms. The van der Waals surface area contributed by atoms with Crippen molar-refractivity contribution in [2.45, 2.75) is 6.54 Å². The Balaban J connectivity index is 1.60. The zero-order valence-corrected chi connectivity index (χ0v) is 10.3. The summed E-state index contributed by atoms with van der Waals surface area (Å²) >= 11 is 1.57. The molecule has 1 aliphatic heterocycles. The molecule has 0 amide bonds. The van der Waals surface area contributed by atoms with Crippen molar-refractivity contribution >= 4 is 17.3 Å². The van der Waals surface area contributed by atoms with E-state index in [2.05, 4.69) is 10.1 Å². The quantitative estimate of drug-likeness (QED) is 0.898. The number of carboxylic acid groups (broad SMARTS) is 1. The van der Waals surface area contributed by atoms with Crippen LogP contribution in [0.1, 0.15) is 5.82 Å². The summed E-state index contributed by atoms with van der Waals surface area (Å²) in [4.78, 5) is 16.9. The second kappa shape index (κ2) is 4.51. The van der Waals surface area contributed by atoms with Gasteiger partial charge in [-0.3, -0.25) is 9.69 Å². The highest BCUT2D eigenvalue weighted by molar-refractivity contribution is 7.08. The number of likely N-dealkylation sites (tertiary alicyclic amines) is 1. The number of carboxylic acids is 1. The Kier molecular flexibility index (Phi) is 2.85. The van der Waals surface area contributed by atoms with Gasteiger partial charge in [0.2, 0.25) is 0 Å². The highest BCUT2D eigenvalue weighted by Crippen LogP contribution is 2.22. The van der Waals surface area contributed by atoms with E-state index in [4.69, 9.17) is 9.63 Å². The molecule has 0 bridgehead atoms. The van der Waals surface area contributed by atoms with Crippen LogP contribution in [0, 0.1) is 5.92 Å². The lowest BCUT2D eigenvalue weighted by atomic mass is 10.0. The van der Waals surface area contributed by atoms with Crippen molar-refractivity contribution in [2.75, 3.05) is 13.1 Å². The maximum atomic E-state index is 10.7. The lowest BCUT2D eigenvalue weighted by molar-refractivity contribution is -0.147.